The summed E-state index contributed by atoms with van der Waals surface area (Å²) in [5, 5.41) is 0. The number of benzene rings is 1. The second-order valence-corrected chi connectivity index (χ2v) is 6.80. The molecule has 2 aromatic rings. The summed E-state index contributed by atoms with van der Waals surface area (Å²) < 4.78 is 2.05. The lowest BCUT2D eigenvalue weighted by Crippen LogP contribution is -2.48. The van der Waals surface area contributed by atoms with Gasteiger partial charge in [-0.25, -0.2) is 4.98 Å². The minimum absolute atomic E-state index is 0.141. The quantitative estimate of drug-likeness (QED) is 0.867. The number of nitrogens with zero attached hydrogens (tertiary/aromatic N) is 4. The number of imidazole rings is 1. The normalized spacial score (nSPS) is 15.9. The Kier molecular flexibility index (Phi) is 5.00. The van der Waals surface area contributed by atoms with Gasteiger partial charge in [0.2, 0.25) is 0 Å². The zero-order chi connectivity index (χ0) is 17.1. The average Bonchev–Trinajstić information content (AvgIpc) is 3.00. The molecule has 2 heterocycles. The van der Waals surface area contributed by atoms with E-state index in [0.29, 0.717) is 5.92 Å². The van der Waals surface area contributed by atoms with Gasteiger partial charge < -0.3 is 9.47 Å². The van der Waals surface area contributed by atoms with Crippen molar-refractivity contribution in [1.82, 2.24) is 19.4 Å². The maximum absolute atomic E-state index is 12.6. The van der Waals surface area contributed by atoms with Crippen molar-refractivity contribution in [2.45, 2.75) is 26.3 Å². The Morgan fingerprint density at radius 1 is 1.12 bits per heavy atom. The first-order chi connectivity index (χ1) is 11.5. The highest BCUT2D eigenvalue weighted by atomic mass is 16.2. The van der Waals surface area contributed by atoms with Crippen LogP contribution in [0, 0.1) is 0 Å². The van der Waals surface area contributed by atoms with E-state index < -0.39 is 0 Å². The molecule has 0 aliphatic carbocycles. The maximum atomic E-state index is 12.6. The number of piperazine rings is 1. The molecule has 1 amide bonds. The highest BCUT2D eigenvalue weighted by Gasteiger charge is 2.22. The Labute approximate surface area is 143 Å². The molecule has 0 unspecified atom stereocenters. The predicted octanol–water partition coefficient (Wildman–Crippen LogP) is 2.50. The van der Waals surface area contributed by atoms with Crippen molar-refractivity contribution in [3.63, 3.8) is 0 Å². The Bertz CT molecular complexity index is 682. The van der Waals surface area contributed by atoms with E-state index in [1.54, 1.807) is 0 Å². The monoisotopic (exact) mass is 326 g/mol. The van der Waals surface area contributed by atoms with Crippen LogP contribution >= 0.6 is 0 Å². The largest absolute Gasteiger partial charge is 0.337 e. The standard InChI is InChI=1S/C19H26N4O/c1-15(2)16-4-6-17(7-5-16)19(24)23-12-10-22(11-13-23)14-18-20-8-9-21(18)3/h4-9,15H,10-14H2,1-3H3. The fourth-order valence-electron chi connectivity index (χ4n) is 3.05. The lowest BCUT2D eigenvalue weighted by molar-refractivity contribution is 0.0624. The Balaban J connectivity index is 1.56. The van der Waals surface area contributed by atoms with Crippen molar-refractivity contribution >= 4 is 5.91 Å². The molecule has 128 valence electrons. The first-order valence-electron chi connectivity index (χ1n) is 8.62. The fraction of sp³-hybridized carbons (Fsp3) is 0.474. The number of hydrogen-bond acceptors (Lipinski definition) is 3. The summed E-state index contributed by atoms with van der Waals surface area (Å²) in [4.78, 5) is 21.3. The smallest absolute Gasteiger partial charge is 0.253 e. The van der Waals surface area contributed by atoms with E-state index >= 15 is 0 Å². The molecule has 0 radical (unpaired) electrons. The Morgan fingerprint density at radius 2 is 1.79 bits per heavy atom. The van der Waals surface area contributed by atoms with E-state index in [-0.39, 0.29) is 5.91 Å². The third kappa shape index (κ3) is 3.67. The van der Waals surface area contributed by atoms with Crippen molar-refractivity contribution < 1.29 is 4.79 Å². The van der Waals surface area contributed by atoms with Crippen molar-refractivity contribution in [1.29, 1.82) is 0 Å². The average molecular weight is 326 g/mol. The summed E-state index contributed by atoms with van der Waals surface area (Å²) in [5.41, 5.74) is 2.06. The molecular weight excluding hydrogens is 300 g/mol. The topological polar surface area (TPSA) is 41.4 Å². The number of carbonyl (C=O) groups is 1. The lowest BCUT2D eigenvalue weighted by Gasteiger charge is -2.34. The van der Waals surface area contributed by atoms with Gasteiger partial charge in [0, 0.05) is 51.2 Å². The highest BCUT2D eigenvalue weighted by molar-refractivity contribution is 5.94. The van der Waals surface area contributed by atoms with Gasteiger partial charge in [0.05, 0.1) is 6.54 Å². The van der Waals surface area contributed by atoms with Crippen molar-refractivity contribution in [3.05, 3.63) is 53.6 Å². The molecule has 1 saturated heterocycles. The molecule has 0 bridgehead atoms. The molecule has 5 heteroatoms. The fourth-order valence-corrected chi connectivity index (χ4v) is 3.05. The SMILES string of the molecule is CC(C)c1ccc(C(=O)N2CCN(Cc3nccn3C)CC2)cc1. The van der Waals surface area contributed by atoms with Gasteiger partial charge in [-0.3, -0.25) is 9.69 Å². The zero-order valence-electron chi connectivity index (χ0n) is 14.8. The first kappa shape index (κ1) is 16.7. The van der Waals surface area contributed by atoms with E-state index in [9.17, 15) is 4.79 Å². The van der Waals surface area contributed by atoms with E-state index in [1.807, 2.05) is 41.0 Å². The number of amides is 1. The second-order valence-electron chi connectivity index (χ2n) is 6.80. The molecule has 1 aromatic carbocycles. The minimum Gasteiger partial charge on any atom is -0.337 e. The van der Waals surface area contributed by atoms with Gasteiger partial charge in [-0.1, -0.05) is 26.0 Å². The lowest BCUT2D eigenvalue weighted by atomic mass is 10.0. The summed E-state index contributed by atoms with van der Waals surface area (Å²) in [6.07, 6.45) is 3.80. The van der Waals surface area contributed by atoms with Crippen LogP contribution in [0.2, 0.25) is 0 Å². The van der Waals surface area contributed by atoms with Gasteiger partial charge in [-0.2, -0.15) is 0 Å². The van der Waals surface area contributed by atoms with Crippen LogP contribution in [-0.4, -0.2) is 51.4 Å². The number of aryl methyl sites for hydroxylation is 1. The van der Waals surface area contributed by atoms with Crippen LogP contribution in [0.25, 0.3) is 0 Å². The molecule has 1 fully saturated rings. The zero-order valence-corrected chi connectivity index (χ0v) is 14.8. The molecular formula is C19H26N4O. The summed E-state index contributed by atoms with van der Waals surface area (Å²) >= 11 is 0. The Morgan fingerprint density at radius 3 is 2.33 bits per heavy atom. The number of carbonyl (C=O) groups excluding carboxylic acids is 1. The van der Waals surface area contributed by atoms with Crippen molar-refractivity contribution in [2.24, 2.45) is 7.05 Å². The molecule has 0 atom stereocenters. The molecule has 3 rings (SSSR count). The third-order valence-electron chi connectivity index (χ3n) is 4.77. The van der Waals surface area contributed by atoms with Gasteiger partial charge in [-0.05, 0) is 23.6 Å². The number of hydrogen-bond donors (Lipinski definition) is 0. The third-order valence-corrected chi connectivity index (χ3v) is 4.77. The van der Waals surface area contributed by atoms with Crippen LogP contribution in [0.5, 0.6) is 0 Å². The van der Waals surface area contributed by atoms with Gasteiger partial charge in [0.1, 0.15) is 5.82 Å². The number of aromatic nitrogens is 2. The number of rotatable bonds is 4. The van der Waals surface area contributed by atoms with Gasteiger partial charge in [0.15, 0.2) is 0 Å². The Hall–Kier alpha value is -2.14. The van der Waals surface area contributed by atoms with Crippen LogP contribution in [0.4, 0.5) is 0 Å². The highest BCUT2D eigenvalue weighted by Crippen LogP contribution is 2.16. The van der Waals surface area contributed by atoms with Crippen LogP contribution in [0.1, 0.15) is 41.5 Å². The first-order valence-corrected chi connectivity index (χ1v) is 8.62. The van der Waals surface area contributed by atoms with Gasteiger partial charge in [0.25, 0.3) is 5.91 Å². The summed E-state index contributed by atoms with van der Waals surface area (Å²) in [5.74, 6) is 1.70. The van der Waals surface area contributed by atoms with Crippen LogP contribution in [0.3, 0.4) is 0 Å². The molecule has 0 spiro atoms. The van der Waals surface area contributed by atoms with Crippen molar-refractivity contribution in [2.75, 3.05) is 26.2 Å². The summed E-state index contributed by atoms with van der Waals surface area (Å²) in [6, 6.07) is 8.04. The van der Waals surface area contributed by atoms with Crippen LogP contribution < -0.4 is 0 Å². The molecule has 0 N–H and O–H groups in total. The molecule has 1 aliphatic rings. The molecule has 1 aromatic heterocycles. The maximum Gasteiger partial charge on any atom is 0.253 e. The minimum atomic E-state index is 0.141. The van der Waals surface area contributed by atoms with E-state index in [0.717, 1.165) is 44.1 Å². The summed E-state index contributed by atoms with van der Waals surface area (Å²) in [7, 11) is 2.02. The van der Waals surface area contributed by atoms with E-state index in [1.165, 1.54) is 5.56 Å². The second kappa shape index (κ2) is 7.18. The summed E-state index contributed by atoms with van der Waals surface area (Å²) in [6.45, 7) is 8.50. The van der Waals surface area contributed by atoms with Gasteiger partial charge in [-0.15, -0.1) is 0 Å². The van der Waals surface area contributed by atoms with E-state index in [2.05, 4.69) is 35.9 Å². The van der Waals surface area contributed by atoms with Gasteiger partial charge >= 0.3 is 0 Å². The molecule has 5 nitrogen and oxygen atoms in total. The van der Waals surface area contributed by atoms with Crippen LogP contribution in [-0.2, 0) is 13.6 Å². The molecule has 24 heavy (non-hydrogen) atoms. The molecule has 0 saturated carbocycles. The van der Waals surface area contributed by atoms with E-state index in [4.69, 9.17) is 0 Å². The predicted molar refractivity (Wildman–Crippen MR) is 94.9 cm³/mol. The van der Waals surface area contributed by atoms with Crippen LogP contribution in [0.15, 0.2) is 36.7 Å². The van der Waals surface area contributed by atoms with Crippen molar-refractivity contribution in [3.8, 4) is 0 Å². The molecule has 1 aliphatic heterocycles.